The van der Waals surface area contributed by atoms with Crippen molar-refractivity contribution in [2.45, 2.75) is 25.7 Å². The van der Waals surface area contributed by atoms with Crippen LogP contribution < -0.4 is 16.6 Å². The summed E-state index contributed by atoms with van der Waals surface area (Å²) in [7, 11) is 1.20. The van der Waals surface area contributed by atoms with E-state index in [1.165, 1.54) is 7.05 Å². The van der Waals surface area contributed by atoms with Crippen LogP contribution >= 0.6 is 0 Å². The number of hydrogen-bond acceptors (Lipinski definition) is 4. The zero-order valence-electron chi connectivity index (χ0n) is 17.7. The van der Waals surface area contributed by atoms with Gasteiger partial charge in [-0.3, -0.25) is 18.7 Å². The fraction of sp³-hybridized carbons (Fsp3) is 0.217. The quantitative estimate of drug-likeness (QED) is 0.511. The Bertz CT molecular complexity index is 1500. The second kappa shape index (κ2) is 8.19. The zero-order chi connectivity index (χ0) is 23.9. The topological polar surface area (TPSA) is 86.0 Å². The van der Waals surface area contributed by atoms with E-state index in [-0.39, 0.29) is 5.39 Å². The van der Waals surface area contributed by atoms with E-state index in [4.69, 9.17) is 0 Å². The molecule has 0 fully saturated rings. The summed E-state index contributed by atoms with van der Waals surface area (Å²) in [5.74, 6) is -0.589. The maximum Gasteiger partial charge on any atom is 0.433 e. The predicted octanol–water partition coefficient (Wildman–Crippen LogP) is 3.14. The third-order valence-corrected chi connectivity index (χ3v) is 5.45. The summed E-state index contributed by atoms with van der Waals surface area (Å²) in [5, 5.41) is 4.54. The van der Waals surface area contributed by atoms with Gasteiger partial charge in [0.15, 0.2) is 0 Å². The molecule has 1 N–H and O–H groups in total. The third kappa shape index (κ3) is 4.11. The molecule has 0 saturated carbocycles. The van der Waals surface area contributed by atoms with Gasteiger partial charge in [-0.1, -0.05) is 42.5 Å². The normalized spacial score (nSPS) is 12.8. The highest BCUT2D eigenvalue weighted by Crippen LogP contribution is 2.28. The minimum atomic E-state index is -4.73. The molecule has 0 aliphatic heterocycles. The number of aromatic nitrogens is 3. The molecule has 0 saturated heterocycles. The molecule has 2 aromatic carbocycles. The van der Waals surface area contributed by atoms with Gasteiger partial charge in [-0.05, 0) is 35.4 Å². The number of pyridine rings is 1. The van der Waals surface area contributed by atoms with Gasteiger partial charge in [0.05, 0.1) is 11.4 Å². The molecule has 0 aliphatic rings. The predicted molar refractivity (Wildman–Crippen MR) is 117 cm³/mol. The molecule has 0 radical (unpaired) electrons. The van der Waals surface area contributed by atoms with Crippen LogP contribution in [0.1, 0.15) is 24.2 Å². The molecular weight excluding hydrogens is 437 g/mol. The van der Waals surface area contributed by atoms with Crippen molar-refractivity contribution >= 4 is 27.7 Å². The van der Waals surface area contributed by atoms with E-state index >= 15 is 0 Å². The van der Waals surface area contributed by atoms with E-state index in [9.17, 15) is 27.6 Å². The fourth-order valence-electron chi connectivity index (χ4n) is 3.81. The molecule has 2 aromatic heterocycles. The van der Waals surface area contributed by atoms with Crippen LogP contribution in [0, 0.1) is 0 Å². The fourth-order valence-corrected chi connectivity index (χ4v) is 3.81. The van der Waals surface area contributed by atoms with Crippen LogP contribution in [0.15, 0.2) is 64.2 Å². The van der Waals surface area contributed by atoms with Crippen molar-refractivity contribution in [2.24, 2.45) is 7.05 Å². The minimum absolute atomic E-state index is 0.194. The van der Waals surface area contributed by atoms with Gasteiger partial charge in [0, 0.05) is 7.05 Å². The lowest BCUT2D eigenvalue weighted by atomic mass is 10.00. The molecule has 10 heteroatoms. The Morgan fingerprint density at radius 1 is 1.03 bits per heavy atom. The average Bonchev–Trinajstić information content (AvgIpc) is 2.79. The number of rotatable bonds is 4. The maximum absolute atomic E-state index is 13.0. The largest absolute Gasteiger partial charge is 0.433 e. The highest BCUT2D eigenvalue weighted by Gasteiger charge is 2.33. The van der Waals surface area contributed by atoms with Gasteiger partial charge in [-0.25, -0.2) is 9.78 Å². The number of carbonyl (C=O) groups is 1. The van der Waals surface area contributed by atoms with Crippen molar-refractivity contribution in [1.82, 2.24) is 19.4 Å². The number of halogens is 3. The Labute approximate surface area is 185 Å². The summed E-state index contributed by atoms with van der Waals surface area (Å²) in [4.78, 5) is 41.5. The lowest BCUT2D eigenvalue weighted by Crippen LogP contribution is -2.43. The van der Waals surface area contributed by atoms with Gasteiger partial charge in [0.2, 0.25) is 5.91 Å². The van der Waals surface area contributed by atoms with E-state index in [2.05, 4.69) is 10.3 Å². The average molecular weight is 456 g/mol. The van der Waals surface area contributed by atoms with Crippen molar-refractivity contribution in [3.8, 4) is 0 Å². The number of nitrogens with one attached hydrogen (secondary N) is 1. The smallest absolute Gasteiger partial charge is 0.348 e. The summed E-state index contributed by atoms with van der Waals surface area (Å²) in [6, 6.07) is 14.6. The first-order valence-corrected chi connectivity index (χ1v) is 10.0. The summed E-state index contributed by atoms with van der Waals surface area (Å²) in [6.07, 6.45) is -4.73. The number of nitrogens with zero attached hydrogens (tertiary/aromatic N) is 3. The standard InChI is InChI=1S/C23H19F3N4O3/c1-13(15-9-5-7-14-6-3-4-8-16(14)15)27-19(31)12-30-21(32)17-10-11-18(23(24,25)26)28-20(17)29(2)22(30)33/h3-11,13H,12H2,1-2H3,(H,27,31)/t13-/m1/s1. The minimum Gasteiger partial charge on any atom is -0.348 e. The molecule has 4 rings (SSSR count). The van der Waals surface area contributed by atoms with Crippen LogP contribution in [0.2, 0.25) is 0 Å². The van der Waals surface area contributed by atoms with Gasteiger partial charge in [-0.15, -0.1) is 0 Å². The summed E-state index contributed by atoms with van der Waals surface area (Å²) < 4.78 is 40.4. The molecule has 0 unspecified atom stereocenters. The second-order valence-electron chi connectivity index (χ2n) is 7.66. The van der Waals surface area contributed by atoms with Gasteiger partial charge in [-0.2, -0.15) is 13.2 Å². The van der Waals surface area contributed by atoms with E-state index in [0.29, 0.717) is 10.6 Å². The molecule has 1 atom stereocenters. The molecule has 1 amide bonds. The Balaban J connectivity index is 1.65. The number of benzene rings is 2. The van der Waals surface area contributed by atoms with Crippen LogP contribution in [0.25, 0.3) is 21.8 Å². The number of carbonyl (C=O) groups excluding carboxylic acids is 1. The van der Waals surface area contributed by atoms with Crippen molar-refractivity contribution < 1.29 is 18.0 Å². The first-order valence-electron chi connectivity index (χ1n) is 10.0. The number of hydrogen-bond donors (Lipinski definition) is 1. The third-order valence-electron chi connectivity index (χ3n) is 5.45. The van der Waals surface area contributed by atoms with E-state index in [1.54, 1.807) is 6.92 Å². The molecule has 0 bridgehead atoms. The second-order valence-corrected chi connectivity index (χ2v) is 7.66. The zero-order valence-corrected chi connectivity index (χ0v) is 17.7. The van der Waals surface area contributed by atoms with Crippen molar-refractivity contribution in [3.63, 3.8) is 0 Å². The monoisotopic (exact) mass is 456 g/mol. The van der Waals surface area contributed by atoms with E-state index in [0.717, 1.165) is 27.0 Å². The number of amides is 1. The Morgan fingerprint density at radius 2 is 1.73 bits per heavy atom. The molecule has 0 aliphatic carbocycles. The number of alkyl halides is 3. The molecular formula is C23H19F3N4O3. The van der Waals surface area contributed by atoms with E-state index in [1.807, 2.05) is 42.5 Å². The summed E-state index contributed by atoms with van der Waals surface area (Å²) in [5.41, 5.74) is -2.58. The number of aryl methyl sites for hydroxylation is 1. The molecule has 7 nitrogen and oxygen atoms in total. The molecule has 2 heterocycles. The lowest BCUT2D eigenvalue weighted by Gasteiger charge is -2.17. The van der Waals surface area contributed by atoms with Crippen molar-refractivity contribution in [2.75, 3.05) is 0 Å². The molecule has 33 heavy (non-hydrogen) atoms. The van der Waals surface area contributed by atoms with Gasteiger partial charge in [0.1, 0.15) is 17.9 Å². The Kier molecular flexibility index (Phi) is 5.52. The van der Waals surface area contributed by atoms with Gasteiger partial charge in [0.25, 0.3) is 5.56 Å². The number of fused-ring (bicyclic) bond motifs is 2. The highest BCUT2D eigenvalue weighted by molar-refractivity contribution is 5.87. The van der Waals surface area contributed by atoms with Gasteiger partial charge < -0.3 is 5.32 Å². The molecule has 4 aromatic rings. The maximum atomic E-state index is 13.0. The Hall–Kier alpha value is -3.95. The van der Waals surface area contributed by atoms with Crippen LogP contribution in [-0.4, -0.2) is 20.0 Å². The van der Waals surface area contributed by atoms with Crippen LogP contribution in [0.5, 0.6) is 0 Å². The van der Waals surface area contributed by atoms with Crippen LogP contribution in [0.4, 0.5) is 13.2 Å². The van der Waals surface area contributed by atoms with Crippen molar-refractivity contribution in [3.05, 3.63) is 86.7 Å². The molecule has 0 spiro atoms. The first-order chi connectivity index (χ1) is 15.6. The summed E-state index contributed by atoms with van der Waals surface area (Å²) >= 11 is 0. The molecule has 170 valence electrons. The van der Waals surface area contributed by atoms with Crippen LogP contribution in [0.3, 0.4) is 0 Å². The van der Waals surface area contributed by atoms with E-state index < -0.39 is 47.3 Å². The Morgan fingerprint density at radius 3 is 2.45 bits per heavy atom. The highest BCUT2D eigenvalue weighted by atomic mass is 19.4. The SMILES string of the molecule is C[C@@H](NC(=O)Cn1c(=O)c2ccc(C(F)(F)F)nc2n(C)c1=O)c1cccc2ccccc12. The lowest BCUT2D eigenvalue weighted by molar-refractivity contribution is -0.141. The van der Waals surface area contributed by atoms with Gasteiger partial charge >= 0.3 is 11.9 Å². The summed E-state index contributed by atoms with van der Waals surface area (Å²) in [6.45, 7) is 1.20. The van der Waals surface area contributed by atoms with Crippen LogP contribution in [-0.2, 0) is 24.6 Å². The van der Waals surface area contributed by atoms with Crippen molar-refractivity contribution in [1.29, 1.82) is 0 Å². The first kappa shape index (κ1) is 22.3.